The summed E-state index contributed by atoms with van der Waals surface area (Å²) in [4.78, 5) is 30.6. The molecule has 4 rings (SSSR count). The van der Waals surface area contributed by atoms with Crippen molar-refractivity contribution in [3.63, 3.8) is 0 Å². The zero-order valence-corrected chi connectivity index (χ0v) is 14.2. The Kier molecular flexibility index (Phi) is 4.08. The fourth-order valence-corrected chi connectivity index (χ4v) is 5.49. The van der Waals surface area contributed by atoms with Gasteiger partial charge in [0.2, 0.25) is 11.8 Å². The summed E-state index contributed by atoms with van der Waals surface area (Å²) in [7, 11) is 0. The van der Waals surface area contributed by atoms with Crippen LogP contribution in [0.1, 0.15) is 45.4 Å². The van der Waals surface area contributed by atoms with Crippen molar-refractivity contribution in [1.29, 1.82) is 0 Å². The molecule has 2 bridgehead atoms. The highest BCUT2D eigenvalue weighted by Gasteiger charge is 2.45. The number of carbonyl (C=O) groups is 2. The van der Waals surface area contributed by atoms with E-state index in [2.05, 4.69) is 9.80 Å². The number of fused-ring (bicyclic) bond motifs is 4. The summed E-state index contributed by atoms with van der Waals surface area (Å²) in [6.45, 7) is 6.82. The molecule has 5 nitrogen and oxygen atoms in total. The average Bonchev–Trinajstić information content (AvgIpc) is 2.56. The van der Waals surface area contributed by atoms with Gasteiger partial charge in [0, 0.05) is 58.2 Å². The molecule has 128 valence electrons. The first-order valence-electron chi connectivity index (χ1n) is 9.41. The Morgan fingerprint density at radius 3 is 2.61 bits per heavy atom. The molecule has 4 saturated heterocycles. The topological polar surface area (TPSA) is 43.9 Å². The van der Waals surface area contributed by atoms with E-state index < -0.39 is 0 Å². The Morgan fingerprint density at radius 1 is 1.09 bits per heavy atom. The number of nitrogens with zero attached hydrogens (tertiary/aromatic N) is 3. The van der Waals surface area contributed by atoms with Crippen molar-refractivity contribution >= 4 is 11.8 Å². The molecular formula is C18H29N3O2. The maximum Gasteiger partial charge on any atom is 0.222 e. The first-order chi connectivity index (χ1) is 11.1. The minimum Gasteiger partial charge on any atom is -0.343 e. The normalized spacial score (nSPS) is 36.0. The third-order valence-corrected chi connectivity index (χ3v) is 6.63. The summed E-state index contributed by atoms with van der Waals surface area (Å²) in [5, 5.41) is 0. The lowest BCUT2D eigenvalue weighted by molar-refractivity contribution is -0.146. The molecule has 2 unspecified atom stereocenters. The van der Waals surface area contributed by atoms with Crippen LogP contribution in [0.2, 0.25) is 0 Å². The molecule has 4 aliphatic rings. The van der Waals surface area contributed by atoms with E-state index >= 15 is 0 Å². The molecule has 4 heterocycles. The van der Waals surface area contributed by atoms with Crippen LogP contribution >= 0.6 is 0 Å². The van der Waals surface area contributed by atoms with Crippen molar-refractivity contribution in [1.82, 2.24) is 14.7 Å². The third kappa shape index (κ3) is 2.88. The average molecular weight is 319 g/mol. The van der Waals surface area contributed by atoms with Crippen LogP contribution in [-0.4, -0.2) is 71.3 Å². The molecule has 0 N–H and O–H groups in total. The van der Waals surface area contributed by atoms with Gasteiger partial charge in [-0.25, -0.2) is 0 Å². The Morgan fingerprint density at radius 2 is 1.87 bits per heavy atom. The van der Waals surface area contributed by atoms with Crippen LogP contribution in [-0.2, 0) is 9.59 Å². The maximum atomic E-state index is 12.2. The summed E-state index contributed by atoms with van der Waals surface area (Å²) in [5.74, 6) is 1.96. The number of rotatable bonds is 1. The molecule has 2 amide bonds. The fraction of sp³-hybridized carbons (Fsp3) is 0.889. The molecule has 4 aliphatic heterocycles. The monoisotopic (exact) mass is 319 g/mol. The smallest absolute Gasteiger partial charge is 0.222 e. The van der Waals surface area contributed by atoms with Crippen LogP contribution < -0.4 is 0 Å². The molecule has 0 saturated carbocycles. The van der Waals surface area contributed by atoms with Gasteiger partial charge in [-0.1, -0.05) is 0 Å². The lowest BCUT2D eigenvalue weighted by Crippen LogP contribution is -2.62. The second kappa shape index (κ2) is 6.08. The van der Waals surface area contributed by atoms with Gasteiger partial charge in [-0.05, 0) is 43.9 Å². The number of hydrogen-bond donors (Lipinski definition) is 0. The largest absolute Gasteiger partial charge is 0.343 e. The molecule has 0 aromatic rings. The minimum absolute atomic E-state index is 0.218. The van der Waals surface area contributed by atoms with Crippen LogP contribution in [0.25, 0.3) is 0 Å². The molecule has 23 heavy (non-hydrogen) atoms. The van der Waals surface area contributed by atoms with E-state index in [0.29, 0.717) is 29.8 Å². The Bertz CT molecular complexity index is 487. The van der Waals surface area contributed by atoms with Crippen molar-refractivity contribution in [3.05, 3.63) is 0 Å². The number of amides is 2. The van der Waals surface area contributed by atoms with Crippen LogP contribution in [0.3, 0.4) is 0 Å². The minimum atomic E-state index is 0.218. The molecule has 0 aromatic heterocycles. The molecule has 3 atom stereocenters. The van der Waals surface area contributed by atoms with E-state index in [1.807, 2.05) is 4.90 Å². The van der Waals surface area contributed by atoms with Crippen molar-refractivity contribution < 1.29 is 9.59 Å². The summed E-state index contributed by atoms with van der Waals surface area (Å²) < 4.78 is 0. The number of piperidine rings is 4. The summed E-state index contributed by atoms with van der Waals surface area (Å²) in [6, 6.07) is 1.15. The van der Waals surface area contributed by atoms with Gasteiger partial charge in [-0.15, -0.1) is 0 Å². The molecule has 0 aromatic carbocycles. The number of likely N-dealkylation sites (tertiary alicyclic amines) is 2. The molecule has 5 heteroatoms. The van der Waals surface area contributed by atoms with Gasteiger partial charge in [0.05, 0.1) is 0 Å². The van der Waals surface area contributed by atoms with Crippen molar-refractivity contribution in [3.8, 4) is 0 Å². The van der Waals surface area contributed by atoms with Gasteiger partial charge in [0.1, 0.15) is 0 Å². The lowest BCUT2D eigenvalue weighted by atomic mass is 9.75. The van der Waals surface area contributed by atoms with Gasteiger partial charge >= 0.3 is 0 Å². The highest BCUT2D eigenvalue weighted by Crippen LogP contribution is 2.39. The first kappa shape index (κ1) is 15.4. The fourth-order valence-electron chi connectivity index (χ4n) is 5.49. The van der Waals surface area contributed by atoms with Crippen molar-refractivity contribution in [2.75, 3.05) is 32.7 Å². The summed E-state index contributed by atoms with van der Waals surface area (Å²) >= 11 is 0. The second-order valence-corrected chi connectivity index (χ2v) is 8.06. The van der Waals surface area contributed by atoms with E-state index in [-0.39, 0.29) is 5.91 Å². The van der Waals surface area contributed by atoms with E-state index in [1.165, 1.54) is 12.8 Å². The first-order valence-corrected chi connectivity index (χ1v) is 9.41. The summed E-state index contributed by atoms with van der Waals surface area (Å²) in [6.07, 6.45) is 6.61. The molecule has 0 spiro atoms. The third-order valence-electron chi connectivity index (χ3n) is 6.63. The molecular weight excluding hydrogens is 290 g/mol. The van der Waals surface area contributed by atoms with Crippen LogP contribution in [0.15, 0.2) is 0 Å². The van der Waals surface area contributed by atoms with Gasteiger partial charge in [-0.2, -0.15) is 0 Å². The van der Waals surface area contributed by atoms with Gasteiger partial charge < -0.3 is 9.80 Å². The zero-order chi connectivity index (χ0) is 16.0. The maximum absolute atomic E-state index is 12.2. The van der Waals surface area contributed by atoms with E-state index in [1.54, 1.807) is 6.92 Å². The predicted molar refractivity (Wildman–Crippen MR) is 87.8 cm³/mol. The predicted octanol–water partition coefficient (Wildman–Crippen LogP) is 1.33. The van der Waals surface area contributed by atoms with Gasteiger partial charge in [-0.3, -0.25) is 14.5 Å². The Balaban J connectivity index is 1.40. The zero-order valence-electron chi connectivity index (χ0n) is 14.2. The number of carbonyl (C=O) groups excluding carboxylic acids is 2. The van der Waals surface area contributed by atoms with Crippen molar-refractivity contribution in [2.45, 2.75) is 57.5 Å². The van der Waals surface area contributed by atoms with E-state index in [4.69, 9.17) is 0 Å². The van der Waals surface area contributed by atoms with E-state index in [0.717, 1.165) is 58.4 Å². The highest BCUT2D eigenvalue weighted by molar-refractivity contribution is 5.77. The lowest BCUT2D eigenvalue weighted by Gasteiger charge is -2.54. The quantitative estimate of drug-likeness (QED) is 0.732. The van der Waals surface area contributed by atoms with Crippen LogP contribution in [0, 0.1) is 11.8 Å². The molecule has 4 fully saturated rings. The molecule has 0 radical (unpaired) electrons. The highest BCUT2D eigenvalue weighted by atomic mass is 16.2. The Hall–Kier alpha value is -1.10. The second-order valence-electron chi connectivity index (χ2n) is 8.06. The van der Waals surface area contributed by atoms with E-state index in [9.17, 15) is 9.59 Å². The van der Waals surface area contributed by atoms with Gasteiger partial charge in [0.15, 0.2) is 0 Å². The molecule has 0 aliphatic carbocycles. The SMILES string of the molecule is CC(=O)N1CCC(N2CC3CC(C2)[C@H]2CCCC(=O)N2C3)CC1. The number of hydrogen-bond acceptors (Lipinski definition) is 3. The standard InChI is InChI=1S/C18H29N3O2/c1-13(22)19-7-5-16(6-8-19)20-10-14-9-15(12-20)17-3-2-4-18(23)21(17)11-14/h14-17H,2-12H2,1H3/t14?,15?,17-/m1/s1. The van der Waals surface area contributed by atoms with Crippen LogP contribution in [0.5, 0.6) is 0 Å². The van der Waals surface area contributed by atoms with Crippen molar-refractivity contribution in [2.24, 2.45) is 11.8 Å². The van der Waals surface area contributed by atoms with Gasteiger partial charge in [0.25, 0.3) is 0 Å². The van der Waals surface area contributed by atoms with Crippen LogP contribution in [0.4, 0.5) is 0 Å². The Labute approximate surface area is 139 Å². The summed E-state index contributed by atoms with van der Waals surface area (Å²) in [5.41, 5.74) is 0.